The highest BCUT2D eigenvalue weighted by atomic mass is 16.5. The van der Waals surface area contributed by atoms with Crippen LogP contribution in [-0.2, 0) is 11.3 Å². The van der Waals surface area contributed by atoms with E-state index in [2.05, 4.69) is 62.4 Å². The maximum atomic E-state index is 13.5. The van der Waals surface area contributed by atoms with Crippen LogP contribution in [0.15, 0.2) is 47.3 Å². The molecule has 2 aromatic carbocycles. The molecule has 0 aliphatic carbocycles. The second kappa shape index (κ2) is 11.3. The van der Waals surface area contributed by atoms with E-state index in [4.69, 9.17) is 9.47 Å². The van der Waals surface area contributed by atoms with E-state index in [1.807, 2.05) is 31.2 Å². The zero-order valence-electron chi connectivity index (χ0n) is 22.5. The molecule has 10 heteroatoms. The van der Waals surface area contributed by atoms with Crippen molar-refractivity contribution >= 4 is 16.6 Å². The van der Waals surface area contributed by atoms with Crippen LogP contribution in [0.2, 0.25) is 0 Å². The standard InChI is InChI=1S/C28H35N7O3/c1-5-38-22-9-10-24-21(17-22)18-23(28(36)29-24)26(27-30-31-32-35(27)15-16-37-4)34-13-11-33(12-14-34)25-8-6-7-19(2)20(25)3/h6-10,17-18,26H,5,11-16H2,1-4H3,(H,29,36)/t26-/m0/s1. The summed E-state index contributed by atoms with van der Waals surface area (Å²) in [5, 5.41) is 13.5. The molecule has 0 spiro atoms. The summed E-state index contributed by atoms with van der Waals surface area (Å²) in [7, 11) is 1.65. The number of anilines is 1. The number of nitrogens with one attached hydrogen (secondary N) is 1. The molecule has 3 heterocycles. The minimum atomic E-state index is -0.411. The van der Waals surface area contributed by atoms with Gasteiger partial charge in [0.1, 0.15) is 11.8 Å². The average molecular weight is 518 g/mol. The third kappa shape index (κ3) is 5.14. The van der Waals surface area contributed by atoms with Crippen molar-refractivity contribution in [2.24, 2.45) is 0 Å². The minimum absolute atomic E-state index is 0.148. The Kier molecular flexibility index (Phi) is 7.71. The van der Waals surface area contributed by atoms with Gasteiger partial charge in [-0.15, -0.1) is 5.10 Å². The molecular weight excluding hydrogens is 482 g/mol. The van der Waals surface area contributed by atoms with Crippen molar-refractivity contribution in [2.75, 3.05) is 51.4 Å². The van der Waals surface area contributed by atoms with Gasteiger partial charge in [0.05, 0.1) is 19.8 Å². The molecule has 4 aromatic rings. The number of piperazine rings is 1. The SMILES string of the molecule is CCOc1ccc2[nH]c(=O)c([C@@H](c3nnnn3CCOC)N3CCN(c4cccc(C)c4C)CC3)cc2c1. The second-order valence-electron chi connectivity index (χ2n) is 9.63. The lowest BCUT2D eigenvalue weighted by molar-refractivity contribution is 0.171. The van der Waals surface area contributed by atoms with Crippen LogP contribution in [0.3, 0.4) is 0 Å². The predicted molar refractivity (Wildman–Crippen MR) is 147 cm³/mol. The van der Waals surface area contributed by atoms with Gasteiger partial charge in [-0.2, -0.15) is 0 Å². The van der Waals surface area contributed by atoms with Crippen LogP contribution in [0.4, 0.5) is 5.69 Å². The fourth-order valence-corrected chi connectivity index (χ4v) is 5.20. The first kappa shape index (κ1) is 25.9. The van der Waals surface area contributed by atoms with Gasteiger partial charge in [-0.05, 0) is 72.7 Å². The first-order valence-electron chi connectivity index (χ1n) is 13.1. The normalized spacial score (nSPS) is 15.2. The number of pyridine rings is 1. The zero-order valence-corrected chi connectivity index (χ0v) is 22.5. The monoisotopic (exact) mass is 517 g/mol. The number of ether oxygens (including phenoxy) is 2. The molecule has 38 heavy (non-hydrogen) atoms. The van der Waals surface area contributed by atoms with Crippen LogP contribution in [0.1, 0.15) is 35.5 Å². The summed E-state index contributed by atoms with van der Waals surface area (Å²) >= 11 is 0. The van der Waals surface area contributed by atoms with Crippen LogP contribution in [0.25, 0.3) is 10.9 Å². The maximum Gasteiger partial charge on any atom is 0.253 e. The number of aromatic amines is 1. The molecule has 2 aromatic heterocycles. The molecule has 0 unspecified atom stereocenters. The molecule has 0 radical (unpaired) electrons. The summed E-state index contributed by atoms with van der Waals surface area (Å²) < 4.78 is 12.7. The van der Waals surface area contributed by atoms with E-state index in [-0.39, 0.29) is 5.56 Å². The number of H-pyrrole nitrogens is 1. The Morgan fingerprint density at radius 3 is 2.66 bits per heavy atom. The fourth-order valence-electron chi connectivity index (χ4n) is 5.20. The van der Waals surface area contributed by atoms with Crippen LogP contribution >= 0.6 is 0 Å². The fraction of sp³-hybridized carbons (Fsp3) is 0.429. The van der Waals surface area contributed by atoms with Crippen LogP contribution in [0.5, 0.6) is 5.75 Å². The van der Waals surface area contributed by atoms with Crippen molar-refractivity contribution in [3.8, 4) is 5.75 Å². The molecular formula is C28H35N7O3. The Hall–Kier alpha value is -3.76. The lowest BCUT2D eigenvalue weighted by Gasteiger charge is -2.40. The quantitative estimate of drug-likeness (QED) is 0.362. The van der Waals surface area contributed by atoms with Gasteiger partial charge >= 0.3 is 0 Å². The molecule has 1 saturated heterocycles. The molecule has 1 fully saturated rings. The first-order chi connectivity index (χ1) is 18.5. The van der Waals surface area contributed by atoms with E-state index in [9.17, 15) is 4.79 Å². The van der Waals surface area contributed by atoms with Gasteiger partial charge in [0.15, 0.2) is 5.82 Å². The van der Waals surface area contributed by atoms with E-state index >= 15 is 0 Å². The van der Waals surface area contributed by atoms with Gasteiger partial charge in [0.25, 0.3) is 5.56 Å². The predicted octanol–water partition coefficient (Wildman–Crippen LogP) is 3.09. The summed E-state index contributed by atoms with van der Waals surface area (Å²) in [6.07, 6.45) is 0. The number of rotatable bonds is 9. The number of hydrogen-bond acceptors (Lipinski definition) is 8. The Labute approximate surface area is 222 Å². The highest BCUT2D eigenvalue weighted by molar-refractivity contribution is 5.80. The van der Waals surface area contributed by atoms with Crippen LogP contribution in [-0.4, -0.2) is 76.6 Å². The molecule has 1 N–H and O–H groups in total. The van der Waals surface area contributed by atoms with E-state index in [0.717, 1.165) is 42.8 Å². The van der Waals surface area contributed by atoms with Crippen molar-refractivity contribution in [3.63, 3.8) is 0 Å². The van der Waals surface area contributed by atoms with Crippen molar-refractivity contribution in [2.45, 2.75) is 33.4 Å². The summed E-state index contributed by atoms with van der Waals surface area (Å²) in [5.74, 6) is 1.40. The van der Waals surface area contributed by atoms with E-state index in [0.29, 0.717) is 31.1 Å². The van der Waals surface area contributed by atoms with Crippen molar-refractivity contribution < 1.29 is 9.47 Å². The van der Waals surface area contributed by atoms with E-state index < -0.39 is 6.04 Å². The Morgan fingerprint density at radius 2 is 1.89 bits per heavy atom. The number of aryl methyl sites for hydroxylation is 1. The number of hydrogen-bond donors (Lipinski definition) is 1. The number of tetrazole rings is 1. The van der Waals surface area contributed by atoms with Gasteiger partial charge in [0, 0.05) is 55.4 Å². The third-order valence-electron chi connectivity index (χ3n) is 7.36. The first-order valence-corrected chi connectivity index (χ1v) is 13.1. The highest BCUT2D eigenvalue weighted by Gasteiger charge is 2.33. The van der Waals surface area contributed by atoms with Crippen molar-refractivity contribution in [1.82, 2.24) is 30.1 Å². The Balaban J connectivity index is 1.52. The van der Waals surface area contributed by atoms with E-state index in [1.54, 1.807) is 11.8 Å². The Bertz CT molecular complexity index is 1460. The van der Waals surface area contributed by atoms with Gasteiger partial charge in [0.2, 0.25) is 0 Å². The summed E-state index contributed by atoms with van der Waals surface area (Å²) in [6, 6.07) is 13.7. The number of benzene rings is 2. The smallest absolute Gasteiger partial charge is 0.253 e. The summed E-state index contributed by atoms with van der Waals surface area (Å²) in [4.78, 5) is 21.3. The lowest BCUT2D eigenvalue weighted by atomic mass is 10.0. The van der Waals surface area contributed by atoms with E-state index in [1.165, 1.54) is 16.8 Å². The number of aromatic nitrogens is 5. The molecule has 0 saturated carbocycles. The number of fused-ring (bicyclic) bond motifs is 1. The third-order valence-corrected chi connectivity index (χ3v) is 7.36. The molecule has 0 amide bonds. The van der Waals surface area contributed by atoms with Gasteiger partial charge in [-0.25, -0.2) is 4.68 Å². The minimum Gasteiger partial charge on any atom is -0.494 e. The Morgan fingerprint density at radius 1 is 1.08 bits per heavy atom. The maximum absolute atomic E-state index is 13.5. The topological polar surface area (TPSA) is 101 Å². The van der Waals surface area contributed by atoms with Crippen LogP contribution in [0, 0.1) is 13.8 Å². The number of nitrogens with zero attached hydrogens (tertiary/aromatic N) is 6. The molecule has 1 aliphatic heterocycles. The van der Waals surface area contributed by atoms with Gasteiger partial charge < -0.3 is 19.4 Å². The zero-order chi connectivity index (χ0) is 26.6. The molecule has 0 bridgehead atoms. The van der Waals surface area contributed by atoms with Crippen molar-refractivity contribution in [1.29, 1.82) is 0 Å². The molecule has 1 aliphatic rings. The molecule has 5 rings (SSSR count). The lowest BCUT2D eigenvalue weighted by Crippen LogP contribution is -2.49. The summed E-state index contributed by atoms with van der Waals surface area (Å²) in [5.41, 5.74) is 5.08. The van der Waals surface area contributed by atoms with Gasteiger partial charge in [-0.1, -0.05) is 12.1 Å². The highest BCUT2D eigenvalue weighted by Crippen LogP contribution is 2.31. The molecule has 1 atom stereocenters. The second-order valence-corrected chi connectivity index (χ2v) is 9.63. The molecule has 10 nitrogen and oxygen atoms in total. The molecule has 200 valence electrons. The average Bonchev–Trinajstić information content (AvgIpc) is 3.38. The van der Waals surface area contributed by atoms with Gasteiger partial charge in [-0.3, -0.25) is 9.69 Å². The van der Waals surface area contributed by atoms with Crippen LogP contribution < -0.4 is 15.2 Å². The van der Waals surface area contributed by atoms with Crippen molar-refractivity contribution in [3.05, 3.63) is 75.3 Å². The summed E-state index contributed by atoms with van der Waals surface area (Å²) in [6.45, 7) is 11.0. The number of methoxy groups -OCH3 is 1. The largest absolute Gasteiger partial charge is 0.494 e.